The average molecular weight is 377 g/mol. The molecule has 2 aliphatic carbocycles. The molecule has 1 spiro atoms. The number of hydrogen-bond donors (Lipinski definition) is 3. The number of nitrogens with zero attached hydrogens (tertiary/aromatic N) is 2. The van der Waals surface area contributed by atoms with Gasteiger partial charge in [0.25, 0.3) is 11.8 Å². The standard InChI is InChI=1S/C19H31N5O3/c1-3-4-9-23-16(25)14(15(20)21)17(26)24(18(23)27)13-5-7-19(8-6-13)10-12(11-19)22-2/h12-13,22H,3-11,20-21H2,1-2H3. The molecule has 150 valence electrons. The predicted molar refractivity (Wildman–Crippen MR) is 101 cm³/mol. The number of urea groups is 1. The van der Waals surface area contributed by atoms with Gasteiger partial charge in [-0.15, -0.1) is 0 Å². The number of carbonyl (C=O) groups is 3. The molecule has 1 aliphatic heterocycles. The predicted octanol–water partition coefficient (Wildman–Crippen LogP) is 1.02. The minimum Gasteiger partial charge on any atom is -0.385 e. The van der Waals surface area contributed by atoms with Gasteiger partial charge in [-0.3, -0.25) is 19.4 Å². The van der Waals surface area contributed by atoms with Gasteiger partial charge in [0.2, 0.25) is 0 Å². The molecule has 8 heteroatoms. The van der Waals surface area contributed by atoms with Crippen molar-refractivity contribution in [2.45, 2.75) is 70.4 Å². The summed E-state index contributed by atoms with van der Waals surface area (Å²) in [6.45, 7) is 2.25. The van der Waals surface area contributed by atoms with Crippen molar-refractivity contribution in [1.82, 2.24) is 15.1 Å². The van der Waals surface area contributed by atoms with E-state index in [1.165, 1.54) is 4.90 Å². The molecule has 0 aromatic heterocycles. The molecule has 3 aliphatic rings. The van der Waals surface area contributed by atoms with E-state index < -0.39 is 17.8 Å². The maximum Gasteiger partial charge on any atom is 0.334 e. The van der Waals surface area contributed by atoms with Gasteiger partial charge in [-0.25, -0.2) is 4.79 Å². The zero-order valence-corrected chi connectivity index (χ0v) is 16.3. The Balaban J connectivity index is 1.77. The van der Waals surface area contributed by atoms with Crippen molar-refractivity contribution >= 4 is 17.8 Å². The van der Waals surface area contributed by atoms with Crippen LogP contribution < -0.4 is 16.8 Å². The van der Waals surface area contributed by atoms with Crippen molar-refractivity contribution in [3.63, 3.8) is 0 Å². The van der Waals surface area contributed by atoms with Crippen molar-refractivity contribution in [2.75, 3.05) is 13.6 Å². The highest BCUT2D eigenvalue weighted by molar-refractivity contribution is 6.29. The normalized spacial score (nSPS) is 31.5. The third kappa shape index (κ3) is 3.42. The Morgan fingerprint density at radius 2 is 1.78 bits per heavy atom. The largest absolute Gasteiger partial charge is 0.385 e. The maximum atomic E-state index is 13.0. The van der Waals surface area contributed by atoms with E-state index in [9.17, 15) is 14.4 Å². The summed E-state index contributed by atoms with van der Waals surface area (Å²) in [6.07, 6.45) is 7.33. The van der Waals surface area contributed by atoms with E-state index >= 15 is 0 Å². The summed E-state index contributed by atoms with van der Waals surface area (Å²) in [4.78, 5) is 40.8. The van der Waals surface area contributed by atoms with Crippen molar-refractivity contribution in [3.8, 4) is 0 Å². The van der Waals surface area contributed by atoms with Crippen LogP contribution >= 0.6 is 0 Å². The van der Waals surface area contributed by atoms with E-state index in [-0.39, 0.29) is 24.0 Å². The van der Waals surface area contributed by atoms with Crippen LogP contribution in [-0.4, -0.2) is 53.3 Å². The highest BCUT2D eigenvalue weighted by Gasteiger charge is 2.50. The Bertz CT molecular complexity index is 654. The van der Waals surface area contributed by atoms with Crippen LogP contribution in [0.1, 0.15) is 58.3 Å². The minimum absolute atomic E-state index is 0.198. The number of nitrogens with one attached hydrogen (secondary N) is 1. The summed E-state index contributed by atoms with van der Waals surface area (Å²) in [5, 5.41) is 3.31. The van der Waals surface area contributed by atoms with Crippen LogP contribution in [0.5, 0.6) is 0 Å². The number of unbranched alkanes of at least 4 members (excludes halogenated alkanes) is 1. The molecule has 0 bridgehead atoms. The van der Waals surface area contributed by atoms with Gasteiger partial charge in [0.05, 0.1) is 0 Å². The molecule has 27 heavy (non-hydrogen) atoms. The summed E-state index contributed by atoms with van der Waals surface area (Å²) in [5.74, 6) is -1.62. The van der Waals surface area contributed by atoms with Crippen LogP contribution in [0.15, 0.2) is 11.4 Å². The molecule has 0 radical (unpaired) electrons. The van der Waals surface area contributed by atoms with Gasteiger partial charge in [0.1, 0.15) is 11.4 Å². The van der Waals surface area contributed by atoms with Crippen molar-refractivity contribution < 1.29 is 14.4 Å². The average Bonchev–Trinajstić information content (AvgIpc) is 2.60. The zero-order chi connectivity index (χ0) is 19.8. The van der Waals surface area contributed by atoms with Crippen molar-refractivity contribution in [1.29, 1.82) is 0 Å². The molecular formula is C19H31N5O3. The molecule has 0 atom stereocenters. The summed E-state index contributed by atoms with van der Waals surface area (Å²) in [5.41, 5.74) is 11.3. The quantitative estimate of drug-likeness (QED) is 0.486. The molecule has 8 nitrogen and oxygen atoms in total. The Labute approximate surface area is 160 Å². The summed E-state index contributed by atoms with van der Waals surface area (Å²) < 4.78 is 0. The summed E-state index contributed by atoms with van der Waals surface area (Å²) in [7, 11) is 1.99. The van der Waals surface area contributed by atoms with Crippen LogP contribution in [-0.2, 0) is 9.59 Å². The van der Waals surface area contributed by atoms with E-state index in [4.69, 9.17) is 11.5 Å². The molecule has 0 aromatic rings. The third-order valence-electron chi connectivity index (χ3n) is 6.50. The van der Waals surface area contributed by atoms with Crippen LogP contribution in [0, 0.1) is 5.41 Å². The molecule has 0 aromatic carbocycles. The van der Waals surface area contributed by atoms with Gasteiger partial charge >= 0.3 is 6.03 Å². The second kappa shape index (κ2) is 7.50. The number of imide groups is 2. The van der Waals surface area contributed by atoms with E-state index in [1.807, 2.05) is 14.0 Å². The lowest BCUT2D eigenvalue weighted by Crippen LogP contribution is -2.61. The smallest absolute Gasteiger partial charge is 0.334 e. The van der Waals surface area contributed by atoms with Gasteiger partial charge in [-0.2, -0.15) is 0 Å². The van der Waals surface area contributed by atoms with E-state index in [0.29, 0.717) is 17.9 Å². The molecule has 1 heterocycles. The molecular weight excluding hydrogens is 346 g/mol. The first kappa shape index (κ1) is 19.7. The summed E-state index contributed by atoms with van der Waals surface area (Å²) >= 11 is 0. The van der Waals surface area contributed by atoms with Crippen LogP contribution in [0.25, 0.3) is 0 Å². The molecule has 5 N–H and O–H groups in total. The number of barbiturate groups is 1. The number of hydrogen-bond acceptors (Lipinski definition) is 6. The lowest BCUT2D eigenvalue weighted by atomic mass is 9.57. The first-order chi connectivity index (χ1) is 12.8. The van der Waals surface area contributed by atoms with Gasteiger partial charge in [-0.05, 0) is 57.4 Å². The van der Waals surface area contributed by atoms with Gasteiger partial charge in [-0.1, -0.05) is 13.3 Å². The molecule has 3 rings (SSSR count). The first-order valence-corrected chi connectivity index (χ1v) is 9.95. The first-order valence-electron chi connectivity index (χ1n) is 9.95. The van der Waals surface area contributed by atoms with Gasteiger partial charge < -0.3 is 16.8 Å². The SMILES string of the molecule is CCCCN1C(=O)C(=C(N)N)C(=O)N(C2CCC3(CC2)CC(NC)C3)C1=O. The van der Waals surface area contributed by atoms with E-state index in [1.54, 1.807) is 0 Å². The fraction of sp³-hybridized carbons (Fsp3) is 0.737. The van der Waals surface area contributed by atoms with Crippen molar-refractivity contribution in [2.24, 2.45) is 16.9 Å². The Morgan fingerprint density at radius 1 is 1.15 bits per heavy atom. The zero-order valence-electron chi connectivity index (χ0n) is 16.3. The lowest BCUT2D eigenvalue weighted by Gasteiger charge is -2.53. The number of amides is 4. The number of nitrogens with two attached hydrogens (primary N) is 2. The van der Waals surface area contributed by atoms with Gasteiger partial charge in [0, 0.05) is 18.6 Å². The highest BCUT2D eigenvalue weighted by atomic mass is 16.2. The number of carbonyl (C=O) groups excluding carboxylic acids is 3. The fourth-order valence-electron chi connectivity index (χ4n) is 4.80. The second-order valence-electron chi connectivity index (χ2n) is 8.22. The molecule has 2 saturated carbocycles. The molecule has 4 amide bonds. The number of rotatable bonds is 5. The fourth-order valence-corrected chi connectivity index (χ4v) is 4.80. The van der Waals surface area contributed by atoms with E-state index in [2.05, 4.69) is 5.32 Å². The lowest BCUT2D eigenvalue weighted by molar-refractivity contribution is -0.138. The van der Waals surface area contributed by atoms with Crippen LogP contribution in [0.3, 0.4) is 0 Å². The van der Waals surface area contributed by atoms with Gasteiger partial charge in [0.15, 0.2) is 0 Å². The highest BCUT2D eigenvalue weighted by Crippen LogP contribution is 2.52. The molecule has 0 unspecified atom stereocenters. The Kier molecular flexibility index (Phi) is 5.46. The Hall–Kier alpha value is -2.09. The van der Waals surface area contributed by atoms with E-state index in [0.717, 1.165) is 49.8 Å². The monoisotopic (exact) mass is 377 g/mol. The van der Waals surface area contributed by atoms with Crippen LogP contribution in [0.4, 0.5) is 4.79 Å². The topological polar surface area (TPSA) is 122 Å². The maximum absolute atomic E-state index is 13.0. The van der Waals surface area contributed by atoms with Crippen molar-refractivity contribution in [3.05, 3.63) is 11.4 Å². The van der Waals surface area contributed by atoms with Crippen LogP contribution in [0.2, 0.25) is 0 Å². The summed E-state index contributed by atoms with van der Waals surface area (Å²) in [6, 6.07) is -0.143. The molecule has 1 saturated heterocycles. The minimum atomic E-state index is -0.669. The Morgan fingerprint density at radius 3 is 2.30 bits per heavy atom. The molecule has 3 fully saturated rings. The third-order valence-corrected chi connectivity index (χ3v) is 6.50. The second-order valence-corrected chi connectivity index (χ2v) is 8.22.